The van der Waals surface area contributed by atoms with Crippen molar-refractivity contribution in [1.82, 2.24) is 19.2 Å². The number of alkyl halides is 3. The number of benzene rings is 2. The van der Waals surface area contributed by atoms with Gasteiger partial charge in [0.25, 0.3) is 5.91 Å². The van der Waals surface area contributed by atoms with Crippen LogP contribution in [0, 0.1) is 19.7 Å². The van der Waals surface area contributed by atoms with Gasteiger partial charge in [0.05, 0.1) is 32.9 Å². The first-order valence-electron chi connectivity index (χ1n) is 10.3. The van der Waals surface area contributed by atoms with Gasteiger partial charge in [0.2, 0.25) is 10.0 Å². The number of amides is 1. The molecule has 3 aromatic rings. The van der Waals surface area contributed by atoms with Crippen LogP contribution in [0.15, 0.2) is 41.3 Å². The number of hydrogen-bond acceptors (Lipinski definition) is 5. The number of nitrogens with zero attached hydrogens (tertiary/aromatic N) is 4. The van der Waals surface area contributed by atoms with E-state index in [0.717, 1.165) is 28.6 Å². The fraction of sp³-hybridized carbons (Fsp3) is 0.318. The molecule has 4 rings (SSSR count). The molecule has 1 aliphatic heterocycles. The summed E-state index contributed by atoms with van der Waals surface area (Å²) in [5.74, 6) is -1.18. The third-order valence-electron chi connectivity index (χ3n) is 5.70. The van der Waals surface area contributed by atoms with Crippen LogP contribution in [0.25, 0.3) is 11.0 Å². The van der Waals surface area contributed by atoms with Crippen molar-refractivity contribution in [3.63, 3.8) is 0 Å². The van der Waals surface area contributed by atoms with Crippen molar-refractivity contribution in [3.05, 3.63) is 64.7 Å². The Kier molecular flexibility index (Phi) is 6.06. The minimum atomic E-state index is -4.68. The summed E-state index contributed by atoms with van der Waals surface area (Å²) in [7, 11) is -4.20. The van der Waals surface area contributed by atoms with Gasteiger partial charge in [-0.1, -0.05) is 6.07 Å². The first-order chi connectivity index (χ1) is 15.9. The second-order valence-corrected chi connectivity index (χ2v) is 9.88. The smallest absolute Gasteiger partial charge is 0.336 e. The quantitative estimate of drug-likeness (QED) is 0.518. The molecular formula is C22H20F4N4O3S. The molecule has 0 N–H and O–H groups in total. The van der Waals surface area contributed by atoms with Crippen LogP contribution in [-0.4, -0.2) is 59.7 Å². The molecule has 0 saturated carbocycles. The highest BCUT2D eigenvalue weighted by Gasteiger charge is 2.35. The largest absolute Gasteiger partial charge is 0.416 e. The molecule has 7 nitrogen and oxygen atoms in total. The van der Waals surface area contributed by atoms with E-state index in [1.54, 1.807) is 13.8 Å². The molecule has 1 fully saturated rings. The highest BCUT2D eigenvalue weighted by atomic mass is 32.2. The molecule has 0 atom stereocenters. The predicted octanol–water partition coefficient (Wildman–Crippen LogP) is 3.55. The van der Waals surface area contributed by atoms with Crippen LogP contribution in [0.1, 0.15) is 27.3 Å². The van der Waals surface area contributed by atoms with Gasteiger partial charge in [0, 0.05) is 32.2 Å². The van der Waals surface area contributed by atoms with Gasteiger partial charge in [0.15, 0.2) is 0 Å². The number of piperazine rings is 1. The van der Waals surface area contributed by atoms with Gasteiger partial charge in [-0.3, -0.25) is 4.79 Å². The average molecular weight is 496 g/mol. The average Bonchev–Trinajstić information content (AvgIpc) is 2.79. The van der Waals surface area contributed by atoms with E-state index in [4.69, 9.17) is 0 Å². The Morgan fingerprint density at radius 3 is 2.26 bits per heavy atom. The number of sulfonamides is 1. The summed E-state index contributed by atoms with van der Waals surface area (Å²) in [5.41, 5.74) is 0.618. The molecule has 1 amide bonds. The Hall–Kier alpha value is -3.12. The minimum Gasteiger partial charge on any atom is -0.336 e. The predicted molar refractivity (Wildman–Crippen MR) is 115 cm³/mol. The zero-order valence-corrected chi connectivity index (χ0v) is 19.0. The Bertz CT molecular complexity index is 1380. The van der Waals surface area contributed by atoms with Gasteiger partial charge < -0.3 is 4.90 Å². The van der Waals surface area contributed by atoms with Crippen molar-refractivity contribution in [3.8, 4) is 0 Å². The molecule has 0 unspecified atom stereocenters. The number of aryl methyl sites for hydroxylation is 2. The second-order valence-electron chi connectivity index (χ2n) is 7.94. The van der Waals surface area contributed by atoms with Crippen LogP contribution in [-0.2, 0) is 16.2 Å². The third kappa shape index (κ3) is 4.47. The van der Waals surface area contributed by atoms with Gasteiger partial charge in [-0.05, 0) is 38.1 Å². The molecule has 1 aromatic heterocycles. The van der Waals surface area contributed by atoms with Crippen molar-refractivity contribution >= 4 is 27.0 Å². The van der Waals surface area contributed by atoms with E-state index in [1.165, 1.54) is 11.0 Å². The lowest BCUT2D eigenvalue weighted by Gasteiger charge is -2.34. The maximum Gasteiger partial charge on any atom is 0.416 e. The van der Waals surface area contributed by atoms with Gasteiger partial charge in [-0.25, -0.2) is 22.8 Å². The number of carbonyl (C=O) groups is 1. The molecule has 0 bridgehead atoms. The lowest BCUT2D eigenvalue weighted by molar-refractivity contribution is -0.137. The van der Waals surface area contributed by atoms with Crippen molar-refractivity contribution < 1.29 is 30.8 Å². The molecule has 0 aliphatic carbocycles. The van der Waals surface area contributed by atoms with Crippen LogP contribution in [0.5, 0.6) is 0 Å². The molecule has 2 aromatic carbocycles. The molecule has 180 valence electrons. The lowest BCUT2D eigenvalue weighted by atomic mass is 10.1. The molecule has 0 radical (unpaired) electrons. The standard InChI is InChI=1S/C22H20F4N4O3S/c1-13-14(2)28-20-18(11-16(23)12-19(20)27-13)21(31)29-6-8-30(9-7-29)34(32,33)17-5-3-4-15(10-17)22(24,25)26/h3-5,10-12H,6-9H2,1-2H3. The van der Waals surface area contributed by atoms with E-state index < -0.39 is 38.4 Å². The van der Waals surface area contributed by atoms with Crippen molar-refractivity contribution in [2.24, 2.45) is 0 Å². The van der Waals surface area contributed by atoms with E-state index in [9.17, 15) is 30.8 Å². The highest BCUT2D eigenvalue weighted by Crippen LogP contribution is 2.31. The molecule has 1 saturated heterocycles. The lowest BCUT2D eigenvalue weighted by Crippen LogP contribution is -2.50. The molecule has 2 heterocycles. The summed E-state index contributed by atoms with van der Waals surface area (Å²) in [4.78, 5) is 22.7. The van der Waals surface area contributed by atoms with Gasteiger partial charge in [0.1, 0.15) is 11.3 Å². The fourth-order valence-corrected chi connectivity index (χ4v) is 5.21. The summed E-state index contributed by atoms with van der Waals surface area (Å²) in [5, 5.41) is 0. The molecule has 12 heteroatoms. The number of fused-ring (bicyclic) bond motifs is 1. The van der Waals surface area contributed by atoms with Crippen LogP contribution in [0.3, 0.4) is 0 Å². The Balaban J connectivity index is 1.56. The van der Waals surface area contributed by atoms with Crippen LogP contribution >= 0.6 is 0 Å². The summed E-state index contributed by atoms with van der Waals surface area (Å²) in [6.07, 6.45) is -4.68. The minimum absolute atomic E-state index is 0.0137. The summed E-state index contributed by atoms with van der Waals surface area (Å²) < 4.78 is 80.0. The van der Waals surface area contributed by atoms with E-state index >= 15 is 0 Å². The number of hydrogen-bond donors (Lipinski definition) is 0. The maximum absolute atomic E-state index is 14.2. The molecule has 0 spiro atoms. The van der Waals surface area contributed by atoms with Crippen LogP contribution < -0.4 is 0 Å². The van der Waals surface area contributed by atoms with E-state index in [-0.39, 0.29) is 42.8 Å². The SMILES string of the molecule is Cc1nc2cc(F)cc(C(=O)N3CCN(S(=O)(=O)c4cccc(C(F)(F)F)c4)CC3)c2nc1C. The normalized spacial score (nSPS) is 15.6. The van der Waals surface area contributed by atoms with Gasteiger partial charge >= 0.3 is 6.18 Å². The first kappa shape index (κ1) is 24.0. The Morgan fingerprint density at radius 1 is 0.971 bits per heavy atom. The van der Waals surface area contributed by atoms with Crippen molar-refractivity contribution in [1.29, 1.82) is 0 Å². The molecule has 1 aliphatic rings. The summed E-state index contributed by atoms with van der Waals surface area (Å²) in [6, 6.07) is 5.78. The summed E-state index contributed by atoms with van der Waals surface area (Å²) >= 11 is 0. The highest BCUT2D eigenvalue weighted by molar-refractivity contribution is 7.89. The number of halogens is 4. The maximum atomic E-state index is 14.2. The monoisotopic (exact) mass is 496 g/mol. The van der Waals surface area contributed by atoms with Crippen molar-refractivity contribution in [2.45, 2.75) is 24.9 Å². The third-order valence-corrected chi connectivity index (χ3v) is 7.60. The van der Waals surface area contributed by atoms with E-state index in [2.05, 4.69) is 9.97 Å². The number of carbonyl (C=O) groups excluding carboxylic acids is 1. The van der Waals surface area contributed by atoms with Crippen LogP contribution in [0.4, 0.5) is 17.6 Å². The van der Waals surface area contributed by atoms with Gasteiger partial charge in [-0.15, -0.1) is 0 Å². The summed E-state index contributed by atoms with van der Waals surface area (Å²) in [6.45, 7) is 3.15. The number of rotatable bonds is 3. The fourth-order valence-electron chi connectivity index (χ4n) is 3.74. The molecule has 34 heavy (non-hydrogen) atoms. The zero-order chi connectivity index (χ0) is 24.8. The van der Waals surface area contributed by atoms with E-state index in [1.807, 2.05) is 0 Å². The zero-order valence-electron chi connectivity index (χ0n) is 18.2. The van der Waals surface area contributed by atoms with Crippen molar-refractivity contribution in [2.75, 3.05) is 26.2 Å². The second kappa shape index (κ2) is 8.58. The Morgan fingerprint density at radius 2 is 1.62 bits per heavy atom. The van der Waals surface area contributed by atoms with Crippen LogP contribution in [0.2, 0.25) is 0 Å². The van der Waals surface area contributed by atoms with E-state index in [0.29, 0.717) is 17.5 Å². The van der Waals surface area contributed by atoms with Gasteiger partial charge in [-0.2, -0.15) is 17.5 Å². The molecular weight excluding hydrogens is 476 g/mol. The Labute approximate surface area is 193 Å². The topological polar surface area (TPSA) is 83.5 Å². The first-order valence-corrected chi connectivity index (χ1v) is 11.7. The number of aromatic nitrogens is 2.